The van der Waals surface area contributed by atoms with Crippen LogP contribution in [0.15, 0.2) is 18.2 Å². The average Bonchev–Trinajstić information content (AvgIpc) is 2.75. The van der Waals surface area contributed by atoms with Gasteiger partial charge in [-0.15, -0.1) is 0 Å². The fourth-order valence-electron chi connectivity index (χ4n) is 5.91. The molecule has 1 aromatic carbocycles. The van der Waals surface area contributed by atoms with Crippen molar-refractivity contribution >= 4 is 0 Å². The van der Waals surface area contributed by atoms with Crippen LogP contribution in [0.5, 0.6) is 5.75 Å². The molecule has 0 radical (unpaired) electrons. The number of halogens is 2. The Morgan fingerprint density at radius 3 is 2.41 bits per heavy atom. The minimum absolute atomic E-state index is 0.436. The Morgan fingerprint density at radius 1 is 0.862 bits per heavy atom. The second-order valence-corrected chi connectivity index (χ2v) is 9.55. The van der Waals surface area contributed by atoms with E-state index in [0.717, 1.165) is 42.2 Å². The summed E-state index contributed by atoms with van der Waals surface area (Å²) in [6.45, 7) is 2.89. The summed E-state index contributed by atoms with van der Waals surface area (Å²) in [6, 6.07) is 3.80. The zero-order valence-electron chi connectivity index (χ0n) is 18.3. The molecule has 2 aliphatic carbocycles. The maximum absolute atomic E-state index is 13.3. The molecule has 0 aromatic heterocycles. The number of ether oxygens (including phenoxy) is 1. The largest absolute Gasteiger partial charge is 0.493 e. The van der Waals surface area contributed by atoms with Gasteiger partial charge >= 0.3 is 0 Å². The summed E-state index contributed by atoms with van der Waals surface area (Å²) in [4.78, 5) is 0. The lowest BCUT2D eigenvalue weighted by molar-refractivity contribution is 0.100. The van der Waals surface area contributed by atoms with Crippen LogP contribution in [0.25, 0.3) is 0 Å². The molecule has 0 amide bonds. The minimum Gasteiger partial charge on any atom is -0.493 e. The number of unbranched alkanes of at least 4 members (excludes halogenated alkanes) is 2. The van der Waals surface area contributed by atoms with Gasteiger partial charge in [0.1, 0.15) is 5.75 Å². The van der Waals surface area contributed by atoms with E-state index >= 15 is 0 Å². The van der Waals surface area contributed by atoms with Crippen molar-refractivity contribution in [3.63, 3.8) is 0 Å². The predicted molar refractivity (Wildman–Crippen MR) is 116 cm³/mol. The van der Waals surface area contributed by atoms with E-state index in [2.05, 4.69) is 6.92 Å². The molecule has 0 N–H and O–H groups in total. The van der Waals surface area contributed by atoms with E-state index in [-0.39, 0.29) is 0 Å². The Balaban J connectivity index is 1.40. The number of hydrogen-bond donors (Lipinski definition) is 0. The van der Waals surface area contributed by atoms with Crippen molar-refractivity contribution in [2.24, 2.45) is 23.7 Å². The summed E-state index contributed by atoms with van der Waals surface area (Å²) in [5, 5.41) is 0. The summed E-state index contributed by atoms with van der Waals surface area (Å²) in [7, 11) is 0. The van der Waals surface area contributed by atoms with Crippen molar-refractivity contribution in [2.75, 3.05) is 6.61 Å². The first kappa shape index (κ1) is 22.6. The Bertz CT molecular complexity index is 594. The van der Waals surface area contributed by atoms with E-state index in [0.29, 0.717) is 12.4 Å². The Labute approximate surface area is 176 Å². The Morgan fingerprint density at radius 2 is 1.66 bits per heavy atom. The summed E-state index contributed by atoms with van der Waals surface area (Å²) >= 11 is 0. The minimum atomic E-state index is -0.833. The topological polar surface area (TPSA) is 9.23 Å². The van der Waals surface area contributed by atoms with Crippen LogP contribution in [-0.2, 0) is 0 Å². The molecule has 0 saturated heterocycles. The molecule has 3 rings (SSSR count). The lowest BCUT2D eigenvalue weighted by Crippen LogP contribution is -2.30. The molecule has 1 nitrogen and oxygen atoms in total. The summed E-state index contributed by atoms with van der Waals surface area (Å²) in [5.41, 5.74) is 0. The average molecular weight is 407 g/mol. The van der Waals surface area contributed by atoms with Gasteiger partial charge in [0.15, 0.2) is 11.6 Å². The van der Waals surface area contributed by atoms with Gasteiger partial charge in [-0.1, -0.05) is 64.7 Å². The summed E-state index contributed by atoms with van der Waals surface area (Å²) < 4.78 is 32.0. The third-order valence-corrected chi connectivity index (χ3v) is 7.56. The molecular formula is C26H40F2O. The number of hydrogen-bond acceptors (Lipinski definition) is 1. The van der Waals surface area contributed by atoms with E-state index in [1.165, 1.54) is 89.5 Å². The summed E-state index contributed by atoms with van der Waals surface area (Å²) in [5.74, 6) is 2.45. The predicted octanol–water partition coefficient (Wildman–Crippen LogP) is 8.32. The van der Waals surface area contributed by atoms with Crippen LogP contribution in [0.2, 0.25) is 0 Å². The molecule has 1 aromatic rings. The molecule has 0 bridgehead atoms. The van der Waals surface area contributed by atoms with E-state index in [4.69, 9.17) is 4.74 Å². The van der Waals surface area contributed by atoms with Crippen LogP contribution < -0.4 is 4.74 Å². The van der Waals surface area contributed by atoms with Crippen LogP contribution in [0, 0.1) is 35.3 Å². The summed E-state index contributed by atoms with van der Waals surface area (Å²) in [6.07, 6.45) is 19.2. The molecule has 2 aliphatic rings. The van der Waals surface area contributed by atoms with Gasteiger partial charge in [0, 0.05) is 6.07 Å². The smallest absolute Gasteiger partial charge is 0.162 e. The van der Waals surface area contributed by atoms with Gasteiger partial charge in [0.2, 0.25) is 0 Å². The third kappa shape index (κ3) is 6.96. The SMILES string of the molecule is CCCCCC1CCC(C2CCCCC2CCCOc2ccc(F)c(F)c2)CC1. The van der Waals surface area contributed by atoms with Gasteiger partial charge in [-0.3, -0.25) is 0 Å². The monoisotopic (exact) mass is 406 g/mol. The van der Waals surface area contributed by atoms with Crippen molar-refractivity contribution in [1.82, 2.24) is 0 Å². The second-order valence-electron chi connectivity index (χ2n) is 9.55. The second kappa shape index (κ2) is 11.9. The first-order valence-corrected chi connectivity index (χ1v) is 12.2. The van der Waals surface area contributed by atoms with E-state index in [9.17, 15) is 8.78 Å². The van der Waals surface area contributed by atoms with Crippen molar-refractivity contribution in [3.05, 3.63) is 29.8 Å². The quantitative estimate of drug-likeness (QED) is 0.355. The van der Waals surface area contributed by atoms with Crippen LogP contribution in [0.1, 0.15) is 96.8 Å². The first-order valence-electron chi connectivity index (χ1n) is 12.2. The molecule has 3 heteroatoms. The maximum atomic E-state index is 13.3. The number of benzene rings is 1. The molecule has 2 saturated carbocycles. The van der Waals surface area contributed by atoms with Gasteiger partial charge in [-0.2, -0.15) is 0 Å². The Hall–Kier alpha value is -1.12. The zero-order valence-corrected chi connectivity index (χ0v) is 18.3. The molecule has 0 heterocycles. The van der Waals surface area contributed by atoms with Crippen LogP contribution in [0.4, 0.5) is 8.78 Å². The highest BCUT2D eigenvalue weighted by Gasteiger charge is 2.33. The third-order valence-electron chi connectivity index (χ3n) is 7.56. The van der Waals surface area contributed by atoms with Gasteiger partial charge in [0.05, 0.1) is 6.61 Å². The molecule has 2 fully saturated rings. The van der Waals surface area contributed by atoms with Gasteiger partial charge in [0.25, 0.3) is 0 Å². The molecule has 0 aliphatic heterocycles. The fourth-order valence-corrected chi connectivity index (χ4v) is 5.91. The van der Waals surface area contributed by atoms with E-state index < -0.39 is 11.6 Å². The van der Waals surface area contributed by atoms with Crippen LogP contribution in [0.3, 0.4) is 0 Å². The van der Waals surface area contributed by atoms with Crippen LogP contribution in [-0.4, -0.2) is 6.61 Å². The standard InChI is InChI=1S/C26H40F2O/c1-2-3-4-8-20-12-14-22(15-13-20)24-11-6-5-9-21(24)10-7-18-29-23-16-17-25(27)26(28)19-23/h16-17,19-22,24H,2-15,18H2,1H3. The van der Waals surface area contributed by atoms with Crippen LogP contribution >= 0.6 is 0 Å². The molecule has 2 unspecified atom stereocenters. The van der Waals surface area contributed by atoms with Crippen molar-refractivity contribution < 1.29 is 13.5 Å². The fraction of sp³-hybridized carbons (Fsp3) is 0.769. The molecular weight excluding hydrogens is 366 g/mol. The van der Waals surface area contributed by atoms with Crippen molar-refractivity contribution in [1.29, 1.82) is 0 Å². The Kier molecular flexibility index (Phi) is 9.27. The highest BCUT2D eigenvalue weighted by atomic mass is 19.2. The van der Waals surface area contributed by atoms with Gasteiger partial charge in [-0.05, 0) is 67.9 Å². The van der Waals surface area contributed by atoms with E-state index in [1.54, 1.807) is 0 Å². The normalized spacial score (nSPS) is 27.7. The lowest BCUT2D eigenvalue weighted by atomic mass is 9.65. The lowest BCUT2D eigenvalue weighted by Gasteiger charge is -2.41. The molecule has 0 spiro atoms. The van der Waals surface area contributed by atoms with Gasteiger partial charge < -0.3 is 4.74 Å². The highest BCUT2D eigenvalue weighted by Crippen LogP contribution is 2.45. The highest BCUT2D eigenvalue weighted by molar-refractivity contribution is 5.23. The zero-order chi connectivity index (χ0) is 20.5. The van der Waals surface area contributed by atoms with E-state index in [1.807, 2.05) is 0 Å². The maximum Gasteiger partial charge on any atom is 0.162 e. The van der Waals surface area contributed by atoms with Crippen molar-refractivity contribution in [3.8, 4) is 5.75 Å². The molecule has 2 atom stereocenters. The van der Waals surface area contributed by atoms with Crippen molar-refractivity contribution in [2.45, 2.75) is 96.8 Å². The molecule has 164 valence electrons. The van der Waals surface area contributed by atoms with Gasteiger partial charge in [-0.25, -0.2) is 8.78 Å². The first-order chi connectivity index (χ1) is 14.2. The number of rotatable bonds is 10. The molecule has 29 heavy (non-hydrogen) atoms.